The van der Waals surface area contributed by atoms with Crippen LogP contribution in [0.5, 0.6) is 0 Å². The number of amides is 1. The molecule has 0 atom stereocenters. The highest BCUT2D eigenvalue weighted by atomic mass is 16.4. The molecule has 1 amide bonds. The molecule has 2 N–H and O–H groups in total. The molecule has 0 saturated heterocycles. The second-order valence-corrected chi connectivity index (χ2v) is 5.40. The molecule has 0 unspecified atom stereocenters. The summed E-state index contributed by atoms with van der Waals surface area (Å²) in [5.41, 5.74) is 1.57. The Labute approximate surface area is 128 Å². The number of benzene rings is 1. The smallest absolute Gasteiger partial charge is 0.335 e. The fourth-order valence-electron chi connectivity index (χ4n) is 2.31. The third-order valence-corrected chi connectivity index (χ3v) is 3.28. The van der Waals surface area contributed by atoms with Gasteiger partial charge >= 0.3 is 5.97 Å². The zero-order valence-corrected chi connectivity index (χ0v) is 12.8. The van der Waals surface area contributed by atoms with Gasteiger partial charge in [-0.3, -0.25) is 9.48 Å². The van der Waals surface area contributed by atoms with Gasteiger partial charge in [0.25, 0.3) is 0 Å². The Bertz CT molecular complexity index is 704. The van der Waals surface area contributed by atoms with Gasteiger partial charge in [-0.2, -0.15) is 5.10 Å². The monoisotopic (exact) mass is 301 g/mol. The minimum absolute atomic E-state index is 0.00391. The van der Waals surface area contributed by atoms with Crippen LogP contribution in [0.3, 0.4) is 0 Å². The maximum absolute atomic E-state index is 12.1. The van der Waals surface area contributed by atoms with E-state index in [1.54, 1.807) is 24.3 Å². The SMILES string of the molecule is Cc1cc(NC(=O)Cc2ccccc2C(=O)O)nn1C(C)C. The number of hydrogen-bond donors (Lipinski definition) is 2. The number of nitrogens with zero attached hydrogens (tertiary/aromatic N) is 2. The van der Waals surface area contributed by atoms with Crippen molar-refractivity contribution in [1.82, 2.24) is 9.78 Å². The number of carbonyl (C=O) groups is 2. The summed E-state index contributed by atoms with van der Waals surface area (Å²) < 4.78 is 1.82. The van der Waals surface area contributed by atoms with E-state index < -0.39 is 5.97 Å². The molecule has 1 aromatic carbocycles. The number of aromatic nitrogens is 2. The Hall–Kier alpha value is -2.63. The fraction of sp³-hybridized carbons (Fsp3) is 0.312. The predicted octanol–water partition coefficient (Wildman–Crippen LogP) is 2.65. The average Bonchev–Trinajstić information content (AvgIpc) is 2.79. The number of anilines is 1. The molecule has 2 rings (SSSR count). The molecule has 2 aromatic rings. The van der Waals surface area contributed by atoms with E-state index in [1.165, 1.54) is 6.07 Å². The third kappa shape index (κ3) is 3.52. The number of carboxylic acids is 1. The molecule has 6 heteroatoms. The highest BCUT2D eigenvalue weighted by molar-refractivity contribution is 5.95. The Kier molecular flexibility index (Phi) is 4.60. The molecule has 1 aromatic heterocycles. The van der Waals surface area contributed by atoms with Crippen LogP contribution in [0.25, 0.3) is 0 Å². The van der Waals surface area contributed by atoms with Gasteiger partial charge in [0.2, 0.25) is 5.91 Å². The summed E-state index contributed by atoms with van der Waals surface area (Å²) in [6.07, 6.45) is -0.00391. The molecule has 0 radical (unpaired) electrons. The number of nitrogens with one attached hydrogen (secondary N) is 1. The van der Waals surface area contributed by atoms with E-state index >= 15 is 0 Å². The molecular formula is C16H19N3O3. The first-order chi connectivity index (χ1) is 10.4. The first-order valence-electron chi connectivity index (χ1n) is 7.05. The van der Waals surface area contributed by atoms with Crippen LogP contribution in [0.15, 0.2) is 30.3 Å². The summed E-state index contributed by atoms with van der Waals surface area (Å²) in [6.45, 7) is 5.94. The highest BCUT2D eigenvalue weighted by Crippen LogP contribution is 2.15. The molecule has 0 saturated carbocycles. The van der Waals surface area contributed by atoms with Gasteiger partial charge in [-0.25, -0.2) is 4.79 Å². The normalized spacial score (nSPS) is 10.7. The van der Waals surface area contributed by atoms with Crippen molar-refractivity contribution < 1.29 is 14.7 Å². The van der Waals surface area contributed by atoms with E-state index in [0.29, 0.717) is 11.4 Å². The second kappa shape index (κ2) is 6.43. The summed E-state index contributed by atoms with van der Waals surface area (Å²) in [5.74, 6) is -0.852. The number of carboxylic acid groups (broad SMARTS) is 1. The van der Waals surface area contributed by atoms with Crippen LogP contribution in [-0.2, 0) is 11.2 Å². The lowest BCUT2D eigenvalue weighted by Gasteiger charge is -2.07. The lowest BCUT2D eigenvalue weighted by Crippen LogP contribution is -2.17. The molecule has 1 heterocycles. The van der Waals surface area contributed by atoms with Gasteiger partial charge in [0.15, 0.2) is 5.82 Å². The Morgan fingerprint density at radius 3 is 2.59 bits per heavy atom. The molecule has 0 spiro atoms. The van der Waals surface area contributed by atoms with Crippen LogP contribution in [0.4, 0.5) is 5.82 Å². The van der Waals surface area contributed by atoms with Crippen molar-refractivity contribution in [3.63, 3.8) is 0 Å². The van der Waals surface area contributed by atoms with Crippen molar-refractivity contribution in [2.24, 2.45) is 0 Å². The van der Waals surface area contributed by atoms with Crippen LogP contribution in [0.1, 0.15) is 41.5 Å². The fourth-order valence-corrected chi connectivity index (χ4v) is 2.31. The number of carbonyl (C=O) groups excluding carboxylic acids is 1. The maximum atomic E-state index is 12.1. The van der Waals surface area contributed by atoms with Crippen LogP contribution >= 0.6 is 0 Å². The quantitative estimate of drug-likeness (QED) is 0.889. The Balaban J connectivity index is 2.11. The molecule has 0 aliphatic heterocycles. The molecule has 116 valence electrons. The van der Waals surface area contributed by atoms with Crippen molar-refractivity contribution in [1.29, 1.82) is 0 Å². The summed E-state index contributed by atoms with van der Waals surface area (Å²) >= 11 is 0. The first kappa shape index (κ1) is 15.8. The number of rotatable bonds is 5. The van der Waals surface area contributed by atoms with E-state index in [0.717, 1.165) is 5.69 Å². The van der Waals surface area contributed by atoms with Crippen molar-refractivity contribution in [3.05, 3.63) is 47.2 Å². The number of aromatic carboxylic acids is 1. The lowest BCUT2D eigenvalue weighted by atomic mass is 10.0. The van der Waals surface area contributed by atoms with Gasteiger partial charge in [0, 0.05) is 17.8 Å². The van der Waals surface area contributed by atoms with Gasteiger partial charge in [-0.1, -0.05) is 18.2 Å². The van der Waals surface area contributed by atoms with Gasteiger partial charge in [-0.15, -0.1) is 0 Å². The molecular weight excluding hydrogens is 282 g/mol. The summed E-state index contributed by atoms with van der Waals surface area (Å²) in [6, 6.07) is 8.48. The zero-order valence-electron chi connectivity index (χ0n) is 12.8. The average molecular weight is 301 g/mol. The van der Waals surface area contributed by atoms with Crippen molar-refractivity contribution >= 4 is 17.7 Å². The van der Waals surface area contributed by atoms with Crippen molar-refractivity contribution in [3.8, 4) is 0 Å². The van der Waals surface area contributed by atoms with Gasteiger partial charge < -0.3 is 10.4 Å². The molecule has 0 aliphatic rings. The summed E-state index contributed by atoms with van der Waals surface area (Å²) in [5, 5.41) is 16.1. The maximum Gasteiger partial charge on any atom is 0.335 e. The second-order valence-electron chi connectivity index (χ2n) is 5.40. The Morgan fingerprint density at radius 2 is 2.00 bits per heavy atom. The van der Waals surface area contributed by atoms with Gasteiger partial charge in [-0.05, 0) is 32.4 Å². The minimum Gasteiger partial charge on any atom is -0.478 e. The molecule has 22 heavy (non-hydrogen) atoms. The van der Waals surface area contributed by atoms with Crippen LogP contribution < -0.4 is 5.32 Å². The van der Waals surface area contributed by atoms with Crippen LogP contribution in [0, 0.1) is 6.92 Å². The van der Waals surface area contributed by atoms with E-state index in [9.17, 15) is 9.59 Å². The summed E-state index contributed by atoms with van der Waals surface area (Å²) in [7, 11) is 0. The molecule has 0 aliphatic carbocycles. The zero-order chi connectivity index (χ0) is 16.3. The third-order valence-electron chi connectivity index (χ3n) is 3.28. The highest BCUT2D eigenvalue weighted by Gasteiger charge is 2.14. The standard InChI is InChI=1S/C16H19N3O3/c1-10(2)19-11(3)8-14(18-19)17-15(20)9-12-6-4-5-7-13(12)16(21)22/h4-8,10H,9H2,1-3H3,(H,21,22)(H,17,18,20). The summed E-state index contributed by atoms with van der Waals surface area (Å²) in [4.78, 5) is 23.2. The van der Waals surface area contributed by atoms with Crippen molar-refractivity contribution in [2.75, 3.05) is 5.32 Å². The molecule has 6 nitrogen and oxygen atoms in total. The predicted molar refractivity (Wildman–Crippen MR) is 83.1 cm³/mol. The van der Waals surface area contributed by atoms with E-state index in [4.69, 9.17) is 5.11 Å². The topological polar surface area (TPSA) is 84.2 Å². The number of hydrogen-bond acceptors (Lipinski definition) is 3. The molecule has 0 bridgehead atoms. The lowest BCUT2D eigenvalue weighted by molar-refractivity contribution is -0.115. The van der Waals surface area contributed by atoms with Crippen LogP contribution in [-0.4, -0.2) is 26.8 Å². The van der Waals surface area contributed by atoms with Crippen LogP contribution in [0.2, 0.25) is 0 Å². The number of aryl methyl sites for hydroxylation is 1. The minimum atomic E-state index is -1.04. The van der Waals surface area contributed by atoms with Crippen molar-refractivity contribution in [2.45, 2.75) is 33.2 Å². The Morgan fingerprint density at radius 1 is 1.32 bits per heavy atom. The van der Waals surface area contributed by atoms with E-state index in [2.05, 4.69) is 10.4 Å². The van der Waals surface area contributed by atoms with Gasteiger partial charge in [0.05, 0.1) is 12.0 Å². The largest absolute Gasteiger partial charge is 0.478 e. The first-order valence-corrected chi connectivity index (χ1v) is 7.05. The van der Waals surface area contributed by atoms with Gasteiger partial charge in [0.1, 0.15) is 0 Å². The van der Waals surface area contributed by atoms with E-state index in [1.807, 2.05) is 25.5 Å². The molecule has 0 fully saturated rings. The van der Waals surface area contributed by atoms with E-state index in [-0.39, 0.29) is 23.9 Å².